The molecule has 0 atom stereocenters. The zero-order valence-corrected chi connectivity index (χ0v) is 16.6. The molecule has 144 valence electrons. The predicted octanol–water partition coefficient (Wildman–Crippen LogP) is 2.83. The first-order chi connectivity index (χ1) is 13.3. The molecule has 0 aliphatic rings. The van der Waals surface area contributed by atoms with Crippen LogP contribution in [-0.4, -0.2) is 25.1 Å². The van der Waals surface area contributed by atoms with Crippen LogP contribution >= 0.6 is 22.9 Å². The molecule has 4 aromatic rings. The predicted molar refractivity (Wildman–Crippen MR) is 105 cm³/mol. The van der Waals surface area contributed by atoms with E-state index in [9.17, 15) is 14.0 Å². The van der Waals surface area contributed by atoms with Crippen molar-refractivity contribution < 1.29 is 9.18 Å². The van der Waals surface area contributed by atoms with Crippen LogP contribution in [0.5, 0.6) is 0 Å². The highest BCUT2D eigenvalue weighted by atomic mass is 35.5. The lowest BCUT2D eigenvalue weighted by Crippen LogP contribution is -2.29. The van der Waals surface area contributed by atoms with Crippen LogP contribution in [0.15, 0.2) is 29.1 Å². The average molecular weight is 420 g/mol. The number of hydrogen-bond acceptors (Lipinski definition) is 5. The van der Waals surface area contributed by atoms with Crippen molar-refractivity contribution >= 4 is 44.8 Å². The number of fused-ring (bicyclic) bond motifs is 2. The van der Waals surface area contributed by atoms with E-state index in [-0.39, 0.29) is 29.6 Å². The Morgan fingerprint density at radius 3 is 2.86 bits per heavy atom. The van der Waals surface area contributed by atoms with Gasteiger partial charge >= 0.3 is 0 Å². The van der Waals surface area contributed by atoms with Crippen molar-refractivity contribution in [3.05, 3.63) is 61.7 Å². The third kappa shape index (κ3) is 3.27. The fraction of sp³-hybridized carbons (Fsp3) is 0.222. The number of halogens is 2. The summed E-state index contributed by atoms with van der Waals surface area (Å²) < 4.78 is 16.1. The number of aromatic nitrogens is 4. The highest BCUT2D eigenvalue weighted by Crippen LogP contribution is 2.19. The first-order valence-corrected chi connectivity index (χ1v) is 9.60. The minimum Gasteiger partial charge on any atom is -0.350 e. The summed E-state index contributed by atoms with van der Waals surface area (Å²) in [5.41, 5.74) is 1.98. The molecule has 0 aliphatic heterocycles. The number of benzene rings is 1. The fourth-order valence-corrected chi connectivity index (χ4v) is 3.95. The Morgan fingerprint density at radius 2 is 2.11 bits per heavy atom. The van der Waals surface area contributed by atoms with E-state index in [1.54, 1.807) is 23.6 Å². The average Bonchev–Trinajstić information content (AvgIpc) is 3.16. The van der Waals surface area contributed by atoms with Gasteiger partial charge in [0.15, 0.2) is 0 Å². The lowest BCUT2D eigenvalue weighted by Gasteiger charge is -2.09. The molecule has 1 N–H and O–H groups in total. The number of carbonyl (C=O) groups excluding carboxylic acids is 1. The molecule has 3 heterocycles. The minimum absolute atomic E-state index is 0.000617. The van der Waals surface area contributed by atoms with E-state index < -0.39 is 5.82 Å². The van der Waals surface area contributed by atoms with Gasteiger partial charge in [0.1, 0.15) is 22.9 Å². The molecule has 4 rings (SSSR count). The molecule has 1 aromatic carbocycles. The number of nitrogens with zero attached hydrogens (tertiary/aromatic N) is 4. The molecule has 1 amide bonds. The summed E-state index contributed by atoms with van der Waals surface area (Å²) >= 11 is 7.09. The van der Waals surface area contributed by atoms with Gasteiger partial charge in [-0.15, -0.1) is 0 Å². The van der Waals surface area contributed by atoms with Gasteiger partial charge < -0.3 is 9.88 Å². The Morgan fingerprint density at radius 1 is 1.32 bits per heavy atom. The van der Waals surface area contributed by atoms with Gasteiger partial charge in [0.05, 0.1) is 10.5 Å². The number of rotatable bonds is 4. The van der Waals surface area contributed by atoms with Crippen molar-refractivity contribution in [3.8, 4) is 0 Å². The quantitative estimate of drug-likeness (QED) is 0.551. The number of hydrogen-bond donors (Lipinski definition) is 1. The lowest BCUT2D eigenvalue weighted by molar-refractivity contribution is -0.121. The van der Waals surface area contributed by atoms with Crippen LogP contribution in [0.3, 0.4) is 0 Å². The van der Waals surface area contributed by atoms with E-state index in [4.69, 9.17) is 11.6 Å². The number of nitrogens with one attached hydrogen (secondary N) is 1. The zero-order chi connectivity index (χ0) is 20.0. The van der Waals surface area contributed by atoms with E-state index in [1.807, 2.05) is 6.92 Å². The lowest BCUT2D eigenvalue weighted by atomic mass is 10.2. The second-order valence-corrected chi connectivity index (χ2v) is 7.93. The molecular weight excluding hydrogens is 405 g/mol. The van der Waals surface area contributed by atoms with Gasteiger partial charge in [-0.2, -0.15) is 9.61 Å². The molecule has 7 nitrogen and oxygen atoms in total. The van der Waals surface area contributed by atoms with E-state index in [1.165, 1.54) is 28.0 Å². The van der Waals surface area contributed by atoms with Gasteiger partial charge in [-0.25, -0.2) is 9.37 Å². The Labute approximate surface area is 167 Å². The standard InChI is InChI=1S/C18H15ClFN5O2S/c1-9-5-14-16(17(27)25-18(22-14)28-10(2)23-25)24(9)8-15(26)21-7-11-3-4-13(20)12(19)6-11/h3-6H,7-8H2,1-2H3,(H,21,26). The smallest absolute Gasteiger partial charge is 0.299 e. The molecule has 3 aromatic heterocycles. The highest BCUT2D eigenvalue weighted by molar-refractivity contribution is 7.16. The van der Waals surface area contributed by atoms with Gasteiger partial charge in [-0.1, -0.05) is 29.0 Å². The molecule has 0 unspecified atom stereocenters. The topological polar surface area (TPSA) is 81.3 Å². The molecule has 10 heteroatoms. The maximum atomic E-state index is 13.2. The van der Waals surface area contributed by atoms with Crippen molar-refractivity contribution in [1.29, 1.82) is 0 Å². The fourth-order valence-electron chi connectivity index (χ4n) is 3.01. The molecule has 0 radical (unpaired) electrons. The second-order valence-electron chi connectivity index (χ2n) is 6.36. The van der Waals surface area contributed by atoms with Gasteiger partial charge in [0.2, 0.25) is 10.9 Å². The molecule has 0 aliphatic carbocycles. The summed E-state index contributed by atoms with van der Waals surface area (Å²) in [5.74, 6) is -0.803. The van der Waals surface area contributed by atoms with Crippen molar-refractivity contribution in [2.24, 2.45) is 0 Å². The van der Waals surface area contributed by atoms with Gasteiger partial charge in [-0.3, -0.25) is 9.59 Å². The number of carbonyl (C=O) groups is 1. The van der Waals surface area contributed by atoms with Crippen LogP contribution in [-0.2, 0) is 17.9 Å². The van der Waals surface area contributed by atoms with E-state index in [0.717, 1.165) is 10.7 Å². The zero-order valence-electron chi connectivity index (χ0n) is 15.0. The molecule has 0 spiro atoms. The normalized spacial score (nSPS) is 11.4. The van der Waals surface area contributed by atoms with Gasteiger partial charge in [0.25, 0.3) is 5.56 Å². The van der Waals surface area contributed by atoms with Crippen molar-refractivity contribution in [2.75, 3.05) is 0 Å². The maximum Gasteiger partial charge on any atom is 0.299 e. The van der Waals surface area contributed by atoms with Crippen LogP contribution in [0.25, 0.3) is 16.0 Å². The van der Waals surface area contributed by atoms with Crippen LogP contribution in [0.1, 0.15) is 16.3 Å². The Balaban J connectivity index is 1.60. The summed E-state index contributed by atoms with van der Waals surface area (Å²) in [6.45, 7) is 3.77. The minimum atomic E-state index is -0.511. The first-order valence-electron chi connectivity index (χ1n) is 8.40. The third-order valence-electron chi connectivity index (χ3n) is 4.33. The molecule has 0 bridgehead atoms. The van der Waals surface area contributed by atoms with Gasteiger partial charge in [0, 0.05) is 12.2 Å². The van der Waals surface area contributed by atoms with Crippen LogP contribution < -0.4 is 10.9 Å². The maximum absolute atomic E-state index is 13.2. The monoisotopic (exact) mass is 419 g/mol. The second kappa shape index (κ2) is 6.99. The van der Waals surface area contributed by atoms with Crippen LogP contribution in [0.4, 0.5) is 4.39 Å². The first kappa shape index (κ1) is 18.6. The summed E-state index contributed by atoms with van der Waals surface area (Å²) in [6.07, 6.45) is 0. The highest BCUT2D eigenvalue weighted by Gasteiger charge is 2.17. The Hall–Kier alpha value is -2.78. The molecule has 0 saturated carbocycles. The number of aryl methyl sites for hydroxylation is 2. The summed E-state index contributed by atoms with van der Waals surface area (Å²) in [7, 11) is 0. The molecular formula is C18H15ClFN5O2S. The Bertz CT molecular complexity index is 1290. The Kier molecular flexibility index (Phi) is 4.64. The van der Waals surface area contributed by atoms with E-state index in [0.29, 0.717) is 21.6 Å². The third-order valence-corrected chi connectivity index (χ3v) is 5.44. The van der Waals surface area contributed by atoms with Crippen molar-refractivity contribution in [1.82, 2.24) is 24.5 Å². The molecule has 0 fully saturated rings. The van der Waals surface area contributed by atoms with Crippen molar-refractivity contribution in [3.63, 3.8) is 0 Å². The largest absolute Gasteiger partial charge is 0.350 e. The van der Waals surface area contributed by atoms with Crippen LogP contribution in [0, 0.1) is 19.7 Å². The van der Waals surface area contributed by atoms with E-state index in [2.05, 4.69) is 15.4 Å². The number of amides is 1. The van der Waals surface area contributed by atoms with Crippen LogP contribution in [0.2, 0.25) is 5.02 Å². The SMILES string of the molecule is Cc1nn2c(=O)c3c(cc(C)n3CC(=O)NCc3ccc(F)c(Cl)c3)nc2s1. The summed E-state index contributed by atoms with van der Waals surface area (Å²) in [6, 6.07) is 6.04. The van der Waals surface area contributed by atoms with E-state index >= 15 is 0 Å². The van der Waals surface area contributed by atoms with Crippen molar-refractivity contribution in [2.45, 2.75) is 26.9 Å². The summed E-state index contributed by atoms with van der Waals surface area (Å²) in [4.78, 5) is 30.3. The summed E-state index contributed by atoms with van der Waals surface area (Å²) in [5, 5.41) is 7.67. The molecule has 28 heavy (non-hydrogen) atoms. The van der Waals surface area contributed by atoms with Gasteiger partial charge in [-0.05, 0) is 37.6 Å². The molecule has 0 saturated heterocycles.